The summed E-state index contributed by atoms with van der Waals surface area (Å²) < 4.78 is 35.6. The Bertz CT molecular complexity index is 674. The molecule has 1 rings (SSSR count). The molecule has 0 aliphatic carbocycles. The third-order valence-electron chi connectivity index (χ3n) is 5.05. The van der Waals surface area contributed by atoms with Crippen LogP contribution >= 0.6 is 0 Å². The molecule has 8 nitrogen and oxygen atoms in total. The molecule has 0 saturated heterocycles. The maximum atomic E-state index is 12.7. The van der Waals surface area contributed by atoms with Crippen molar-refractivity contribution in [3.8, 4) is 0 Å². The average Bonchev–Trinajstić information content (AvgIpc) is 2.94. The molecule has 0 bridgehead atoms. The molecule has 0 aromatic rings. The molecule has 29 heavy (non-hydrogen) atoms. The number of unbranched alkanes of at least 4 members (excludes halogenated alkanes) is 7. The average molecular weight is 434 g/mol. The fourth-order valence-corrected chi connectivity index (χ4v) is 5.02. The summed E-state index contributed by atoms with van der Waals surface area (Å²) in [6.07, 6.45) is 9.13. The summed E-state index contributed by atoms with van der Waals surface area (Å²) in [5, 5.41) is 9.90. The van der Waals surface area contributed by atoms with Crippen molar-refractivity contribution < 1.29 is 32.0 Å². The normalized spacial score (nSPS) is 19.0. The quantitative estimate of drug-likeness (QED) is 0.331. The van der Waals surface area contributed by atoms with Crippen molar-refractivity contribution in [3.63, 3.8) is 0 Å². The van der Waals surface area contributed by atoms with Gasteiger partial charge in [0.1, 0.15) is 0 Å². The Hall–Kier alpha value is -1.45. The van der Waals surface area contributed by atoms with Crippen molar-refractivity contribution in [2.75, 3.05) is 0 Å². The molecule has 168 valence electrons. The van der Waals surface area contributed by atoms with Gasteiger partial charge >= 0.3 is 22.2 Å². The molecule has 0 radical (unpaired) electrons. The van der Waals surface area contributed by atoms with Crippen LogP contribution in [0.5, 0.6) is 0 Å². The number of hydrogen-bond acceptors (Lipinski definition) is 7. The summed E-state index contributed by atoms with van der Waals surface area (Å²) in [5.41, 5.74) is 0.119. The van der Waals surface area contributed by atoms with Gasteiger partial charge in [0.15, 0.2) is 0 Å². The van der Waals surface area contributed by atoms with Crippen molar-refractivity contribution in [2.45, 2.75) is 104 Å². The molecule has 1 heterocycles. The Morgan fingerprint density at radius 2 is 1.72 bits per heavy atom. The largest absolute Gasteiger partial charge is 0.429 e. The zero-order valence-corrected chi connectivity index (χ0v) is 18.7. The lowest BCUT2D eigenvalue weighted by Gasteiger charge is -2.33. The molecule has 0 amide bonds. The Balaban J connectivity index is 2.75. The molecule has 0 aromatic heterocycles. The van der Waals surface area contributed by atoms with E-state index in [0.717, 1.165) is 36.6 Å². The Morgan fingerprint density at radius 1 is 1.17 bits per heavy atom. The Morgan fingerprint density at radius 3 is 2.21 bits per heavy atom. The summed E-state index contributed by atoms with van der Waals surface area (Å²) in [7, 11) is -4.39. The second-order valence-corrected chi connectivity index (χ2v) is 9.03. The van der Waals surface area contributed by atoms with E-state index >= 15 is 0 Å². The summed E-state index contributed by atoms with van der Waals surface area (Å²) in [6, 6.07) is -1.39. The molecule has 0 aromatic carbocycles. The van der Waals surface area contributed by atoms with Gasteiger partial charge in [0.05, 0.1) is 6.04 Å². The van der Waals surface area contributed by atoms with Crippen molar-refractivity contribution in [2.24, 2.45) is 0 Å². The van der Waals surface area contributed by atoms with Crippen molar-refractivity contribution in [1.82, 2.24) is 4.31 Å². The summed E-state index contributed by atoms with van der Waals surface area (Å²) in [4.78, 5) is 22.7. The highest BCUT2D eigenvalue weighted by Gasteiger charge is 2.40. The van der Waals surface area contributed by atoms with Gasteiger partial charge in [-0.2, -0.15) is 12.7 Å². The Labute approximate surface area is 174 Å². The molecule has 1 aliphatic rings. The molecule has 1 aliphatic heterocycles. The van der Waals surface area contributed by atoms with Gasteiger partial charge in [0.25, 0.3) is 0 Å². The van der Waals surface area contributed by atoms with E-state index in [1.165, 1.54) is 39.0 Å². The fraction of sp³-hybridized carbons (Fsp3) is 0.800. The maximum absolute atomic E-state index is 12.7. The van der Waals surface area contributed by atoms with Gasteiger partial charge in [-0.3, -0.25) is 4.79 Å². The lowest BCUT2D eigenvalue weighted by atomic mass is 10.0. The van der Waals surface area contributed by atoms with E-state index in [2.05, 4.69) is 15.8 Å². The van der Waals surface area contributed by atoms with Crippen LogP contribution in [0.1, 0.15) is 85.5 Å². The van der Waals surface area contributed by atoms with Gasteiger partial charge in [-0.15, -0.1) is 0 Å². The standard InChI is InChI=1S/C20H35NO7S/c1-5-6-7-8-9-10-11-12-13-15(2)21(29(25,26)28-17(4)22)16(3)18-14-19(23)27-20(18)24/h14-16,20,24H,5-13H2,1-4H3. The minimum Gasteiger partial charge on any atom is -0.429 e. The number of carbonyl (C=O) groups is 2. The lowest BCUT2D eigenvalue weighted by Crippen LogP contribution is -2.47. The van der Waals surface area contributed by atoms with Crippen LogP contribution in [-0.4, -0.2) is 48.1 Å². The minimum atomic E-state index is -4.39. The molecule has 3 unspecified atom stereocenters. The first-order valence-electron chi connectivity index (χ1n) is 10.4. The summed E-state index contributed by atoms with van der Waals surface area (Å²) in [6.45, 7) is 6.45. The maximum Gasteiger partial charge on any atom is 0.388 e. The van der Waals surface area contributed by atoms with Crippen LogP contribution in [0.3, 0.4) is 0 Å². The van der Waals surface area contributed by atoms with E-state index in [9.17, 15) is 23.1 Å². The van der Waals surface area contributed by atoms with Crippen molar-refractivity contribution in [1.29, 1.82) is 0 Å². The van der Waals surface area contributed by atoms with Crippen LogP contribution in [0.2, 0.25) is 0 Å². The molecule has 9 heteroatoms. The van der Waals surface area contributed by atoms with Gasteiger partial charge < -0.3 is 14.0 Å². The zero-order valence-electron chi connectivity index (χ0n) is 17.9. The number of esters is 1. The first-order chi connectivity index (χ1) is 13.6. The second-order valence-electron chi connectivity index (χ2n) is 7.58. The van der Waals surface area contributed by atoms with E-state index in [1.54, 1.807) is 6.92 Å². The minimum absolute atomic E-state index is 0.119. The summed E-state index contributed by atoms with van der Waals surface area (Å²) in [5.74, 6) is -1.69. The third kappa shape index (κ3) is 8.44. The van der Waals surface area contributed by atoms with Crippen molar-refractivity contribution in [3.05, 3.63) is 11.6 Å². The topological polar surface area (TPSA) is 110 Å². The van der Waals surface area contributed by atoms with Gasteiger partial charge in [0, 0.05) is 24.6 Å². The predicted octanol–water partition coefficient (Wildman–Crippen LogP) is 3.21. The third-order valence-corrected chi connectivity index (χ3v) is 6.69. The molecule has 3 atom stereocenters. The van der Waals surface area contributed by atoms with E-state index in [4.69, 9.17) is 0 Å². The number of rotatable bonds is 14. The monoisotopic (exact) mass is 433 g/mol. The predicted molar refractivity (Wildman–Crippen MR) is 109 cm³/mol. The number of aliphatic hydroxyl groups excluding tert-OH is 1. The fourth-order valence-electron chi connectivity index (χ4n) is 3.58. The highest BCUT2D eigenvalue weighted by atomic mass is 32.2. The Kier molecular flexibility index (Phi) is 10.8. The number of ether oxygens (including phenoxy) is 1. The number of cyclic esters (lactones) is 1. The van der Waals surface area contributed by atoms with Crippen LogP contribution in [0, 0.1) is 0 Å². The van der Waals surface area contributed by atoms with Gasteiger partial charge in [-0.1, -0.05) is 58.3 Å². The first-order valence-corrected chi connectivity index (χ1v) is 11.8. The number of hydrogen-bond donors (Lipinski definition) is 1. The van der Waals surface area contributed by atoms with Gasteiger partial charge in [-0.05, 0) is 20.3 Å². The molecule has 1 N–H and O–H groups in total. The molecule has 0 spiro atoms. The molecular formula is C20H35NO7S. The van der Waals surface area contributed by atoms with Crippen LogP contribution in [0.25, 0.3) is 0 Å². The van der Waals surface area contributed by atoms with E-state index in [1.807, 2.05) is 0 Å². The number of nitrogens with zero attached hydrogens (tertiary/aromatic N) is 1. The lowest BCUT2D eigenvalue weighted by molar-refractivity contribution is -0.151. The van der Waals surface area contributed by atoms with Gasteiger partial charge in [-0.25, -0.2) is 4.79 Å². The smallest absolute Gasteiger partial charge is 0.388 e. The SMILES string of the molecule is CCCCCCCCCCC(C)N(C(C)C1=CC(=O)OC1O)S(=O)(=O)OC(C)=O. The molecule has 0 fully saturated rings. The van der Waals surface area contributed by atoms with E-state index < -0.39 is 40.6 Å². The van der Waals surface area contributed by atoms with Crippen LogP contribution < -0.4 is 0 Å². The molecular weight excluding hydrogens is 398 g/mol. The van der Waals surface area contributed by atoms with Crippen LogP contribution in [0.4, 0.5) is 0 Å². The number of aliphatic hydroxyl groups is 1. The first kappa shape index (κ1) is 25.6. The highest BCUT2D eigenvalue weighted by Crippen LogP contribution is 2.27. The van der Waals surface area contributed by atoms with E-state index in [0.29, 0.717) is 6.42 Å². The zero-order chi connectivity index (χ0) is 22.0. The van der Waals surface area contributed by atoms with Crippen LogP contribution in [-0.2, 0) is 28.8 Å². The highest BCUT2D eigenvalue weighted by molar-refractivity contribution is 7.84. The van der Waals surface area contributed by atoms with Crippen molar-refractivity contribution >= 4 is 22.2 Å². The molecule has 0 saturated carbocycles. The summed E-state index contributed by atoms with van der Waals surface area (Å²) >= 11 is 0. The number of carbonyl (C=O) groups excluding carboxylic acids is 2. The second kappa shape index (κ2) is 12.3. The van der Waals surface area contributed by atoms with Crippen LogP contribution in [0.15, 0.2) is 11.6 Å². The van der Waals surface area contributed by atoms with Gasteiger partial charge in [0.2, 0.25) is 6.29 Å². The van der Waals surface area contributed by atoms with E-state index in [-0.39, 0.29) is 5.57 Å².